The monoisotopic (exact) mass is 368 g/mol. The van der Waals surface area contributed by atoms with Crippen LogP contribution in [-0.4, -0.2) is 26.9 Å². The number of nitrogens with zero attached hydrogens (tertiary/aromatic N) is 2. The molecule has 2 aromatic rings. The maximum absolute atomic E-state index is 12.8. The lowest BCUT2D eigenvalue weighted by Gasteiger charge is -2.21. The van der Waals surface area contributed by atoms with Gasteiger partial charge < -0.3 is 15.2 Å². The van der Waals surface area contributed by atoms with E-state index in [0.717, 1.165) is 42.6 Å². The highest BCUT2D eigenvalue weighted by Gasteiger charge is 2.28. The Bertz CT molecular complexity index is 862. The third-order valence-electron chi connectivity index (χ3n) is 4.56. The zero-order valence-corrected chi connectivity index (χ0v) is 16.6. The van der Waals surface area contributed by atoms with Gasteiger partial charge in [-0.15, -0.1) is 0 Å². The van der Waals surface area contributed by atoms with Crippen LogP contribution in [-0.2, 0) is 19.5 Å². The summed E-state index contributed by atoms with van der Waals surface area (Å²) in [5.41, 5.74) is 3.09. The first kappa shape index (κ1) is 19.1. The van der Waals surface area contributed by atoms with Crippen LogP contribution in [0.15, 0.2) is 24.3 Å². The Balaban J connectivity index is 1.82. The number of fused-ring (bicyclic) bond motifs is 1. The van der Waals surface area contributed by atoms with E-state index >= 15 is 0 Å². The minimum atomic E-state index is -0.351. The summed E-state index contributed by atoms with van der Waals surface area (Å²) in [6.07, 6.45) is 2.76. The van der Waals surface area contributed by atoms with E-state index in [2.05, 4.69) is 15.6 Å². The highest BCUT2D eigenvalue weighted by atomic mass is 16.2. The Hall–Kier alpha value is -2.63. The second-order valence-electron chi connectivity index (χ2n) is 8.22. The highest BCUT2D eigenvalue weighted by Crippen LogP contribution is 2.22. The van der Waals surface area contributed by atoms with E-state index in [1.54, 1.807) is 0 Å². The van der Waals surface area contributed by atoms with Crippen molar-refractivity contribution in [3.05, 3.63) is 52.6 Å². The zero-order chi connectivity index (χ0) is 19.6. The molecule has 0 fully saturated rings. The summed E-state index contributed by atoms with van der Waals surface area (Å²) in [5.74, 6) is -0.128. The van der Waals surface area contributed by atoms with E-state index < -0.39 is 0 Å². The van der Waals surface area contributed by atoms with Gasteiger partial charge >= 0.3 is 0 Å². The molecule has 6 nitrogen and oxygen atoms in total. The summed E-state index contributed by atoms with van der Waals surface area (Å²) in [6.45, 7) is 8.98. The molecule has 6 heteroatoms. The SMILES string of the molecule is Cc1cccc(CNC(=O)c2nc(C(=O)NC(C)(C)C)c3n2CCCC3)c1. The van der Waals surface area contributed by atoms with Gasteiger partial charge in [0.25, 0.3) is 11.8 Å². The van der Waals surface area contributed by atoms with Crippen LogP contribution in [0.1, 0.15) is 71.5 Å². The second kappa shape index (κ2) is 7.55. The molecule has 2 N–H and O–H groups in total. The summed E-state index contributed by atoms with van der Waals surface area (Å²) in [5, 5.41) is 5.89. The van der Waals surface area contributed by atoms with Crippen molar-refractivity contribution in [3.8, 4) is 0 Å². The van der Waals surface area contributed by atoms with Gasteiger partial charge in [0.2, 0.25) is 0 Å². The average Bonchev–Trinajstić information content (AvgIpc) is 2.98. The van der Waals surface area contributed by atoms with Crippen molar-refractivity contribution in [1.29, 1.82) is 0 Å². The Morgan fingerprint density at radius 1 is 1.19 bits per heavy atom. The molecule has 1 aliphatic rings. The van der Waals surface area contributed by atoms with E-state index in [0.29, 0.717) is 18.1 Å². The van der Waals surface area contributed by atoms with Crippen LogP contribution >= 0.6 is 0 Å². The molecule has 2 amide bonds. The van der Waals surface area contributed by atoms with Crippen molar-refractivity contribution in [2.75, 3.05) is 0 Å². The maximum Gasteiger partial charge on any atom is 0.287 e. The van der Waals surface area contributed by atoms with Crippen LogP contribution in [0.2, 0.25) is 0 Å². The largest absolute Gasteiger partial charge is 0.346 e. The third kappa shape index (κ3) is 4.56. The zero-order valence-electron chi connectivity index (χ0n) is 16.6. The number of carbonyl (C=O) groups excluding carboxylic acids is 2. The van der Waals surface area contributed by atoms with Crippen LogP contribution in [0.4, 0.5) is 0 Å². The van der Waals surface area contributed by atoms with E-state index in [9.17, 15) is 9.59 Å². The molecule has 0 radical (unpaired) electrons. The van der Waals surface area contributed by atoms with Gasteiger partial charge in [0, 0.05) is 18.6 Å². The summed E-state index contributed by atoms with van der Waals surface area (Å²) in [7, 11) is 0. The summed E-state index contributed by atoms with van der Waals surface area (Å²) in [4.78, 5) is 29.9. The van der Waals surface area contributed by atoms with Crippen molar-refractivity contribution in [3.63, 3.8) is 0 Å². The predicted octanol–water partition coefficient (Wildman–Crippen LogP) is 2.99. The number of amides is 2. The Labute approximate surface area is 160 Å². The number of benzene rings is 1. The number of rotatable bonds is 4. The van der Waals surface area contributed by atoms with Gasteiger partial charge in [0.1, 0.15) is 5.69 Å². The van der Waals surface area contributed by atoms with Crippen molar-refractivity contribution in [2.24, 2.45) is 0 Å². The van der Waals surface area contributed by atoms with Gasteiger partial charge in [-0.05, 0) is 52.5 Å². The maximum atomic E-state index is 12.8. The lowest BCUT2D eigenvalue weighted by Crippen LogP contribution is -2.41. The molecule has 1 aromatic heterocycles. The predicted molar refractivity (Wildman–Crippen MR) is 105 cm³/mol. The number of imidazole rings is 1. The minimum Gasteiger partial charge on any atom is -0.346 e. The van der Waals surface area contributed by atoms with Gasteiger partial charge in [-0.3, -0.25) is 9.59 Å². The number of carbonyl (C=O) groups is 2. The smallest absolute Gasteiger partial charge is 0.287 e. The molecule has 1 aliphatic heterocycles. The minimum absolute atomic E-state index is 0.217. The van der Waals surface area contributed by atoms with E-state index in [1.165, 1.54) is 0 Å². The van der Waals surface area contributed by atoms with Crippen molar-refractivity contribution in [1.82, 2.24) is 20.2 Å². The lowest BCUT2D eigenvalue weighted by molar-refractivity contribution is 0.0913. The van der Waals surface area contributed by atoms with E-state index in [-0.39, 0.29) is 17.4 Å². The summed E-state index contributed by atoms with van der Waals surface area (Å²) in [6, 6.07) is 8.03. The van der Waals surface area contributed by atoms with Crippen LogP contribution < -0.4 is 10.6 Å². The van der Waals surface area contributed by atoms with Crippen LogP contribution in [0.25, 0.3) is 0 Å². The van der Waals surface area contributed by atoms with Crippen LogP contribution in [0.3, 0.4) is 0 Å². The highest BCUT2D eigenvalue weighted by molar-refractivity contribution is 5.97. The molecule has 1 aromatic carbocycles. The van der Waals surface area contributed by atoms with Gasteiger partial charge in [0.15, 0.2) is 5.82 Å². The Kier molecular flexibility index (Phi) is 5.35. The molecule has 0 spiro atoms. The quantitative estimate of drug-likeness (QED) is 0.871. The summed E-state index contributed by atoms with van der Waals surface area (Å²) >= 11 is 0. The first-order valence-corrected chi connectivity index (χ1v) is 9.50. The fraction of sp³-hybridized carbons (Fsp3) is 0.476. The van der Waals surface area contributed by atoms with Crippen molar-refractivity contribution in [2.45, 2.75) is 65.6 Å². The number of hydrogen-bond acceptors (Lipinski definition) is 3. The molecule has 2 heterocycles. The van der Waals surface area contributed by atoms with Gasteiger partial charge in [0.05, 0.1) is 5.69 Å². The summed E-state index contributed by atoms with van der Waals surface area (Å²) < 4.78 is 1.91. The van der Waals surface area contributed by atoms with E-state index in [1.807, 2.05) is 56.5 Å². The average molecular weight is 368 g/mol. The van der Waals surface area contributed by atoms with Gasteiger partial charge in [-0.1, -0.05) is 29.8 Å². The fourth-order valence-electron chi connectivity index (χ4n) is 3.38. The standard InChI is InChI=1S/C21H28N4O2/c1-14-8-7-9-15(12-14)13-22-20(27)18-23-17(19(26)24-21(2,3)4)16-10-5-6-11-25(16)18/h7-9,12H,5-6,10-11,13H2,1-4H3,(H,22,27)(H,24,26). The molecule has 0 bridgehead atoms. The molecule has 0 unspecified atom stereocenters. The number of aromatic nitrogens is 2. The molecule has 3 rings (SSSR count). The molecule has 0 saturated carbocycles. The molecule has 0 aliphatic carbocycles. The van der Waals surface area contributed by atoms with Gasteiger partial charge in [-0.2, -0.15) is 0 Å². The molecule has 144 valence electrons. The number of nitrogens with one attached hydrogen (secondary N) is 2. The van der Waals surface area contributed by atoms with Crippen molar-refractivity contribution >= 4 is 11.8 Å². The van der Waals surface area contributed by atoms with Crippen LogP contribution in [0, 0.1) is 6.92 Å². The number of aryl methyl sites for hydroxylation is 1. The number of hydrogen-bond donors (Lipinski definition) is 2. The molecule has 0 atom stereocenters. The third-order valence-corrected chi connectivity index (χ3v) is 4.56. The fourth-order valence-corrected chi connectivity index (χ4v) is 3.38. The Morgan fingerprint density at radius 2 is 1.96 bits per heavy atom. The lowest BCUT2D eigenvalue weighted by atomic mass is 10.1. The normalized spacial score (nSPS) is 13.8. The molecular weight excluding hydrogens is 340 g/mol. The Morgan fingerprint density at radius 3 is 2.67 bits per heavy atom. The van der Waals surface area contributed by atoms with Crippen LogP contribution in [0.5, 0.6) is 0 Å². The molecule has 0 saturated heterocycles. The molecular formula is C21H28N4O2. The first-order valence-electron chi connectivity index (χ1n) is 9.50. The topological polar surface area (TPSA) is 76.0 Å². The first-order chi connectivity index (χ1) is 12.7. The van der Waals surface area contributed by atoms with E-state index in [4.69, 9.17) is 0 Å². The van der Waals surface area contributed by atoms with Gasteiger partial charge in [-0.25, -0.2) is 4.98 Å². The molecule has 27 heavy (non-hydrogen) atoms. The van der Waals surface area contributed by atoms with Crippen molar-refractivity contribution < 1.29 is 9.59 Å². The second-order valence-corrected chi connectivity index (χ2v) is 8.22.